The summed E-state index contributed by atoms with van der Waals surface area (Å²) in [6.45, 7) is 4.01. The number of hydrogen-bond donors (Lipinski definition) is 1. The molecule has 1 aromatic carbocycles. The second kappa shape index (κ2) is 6.99. The normalized spacial score (nSPS) is 10.8. The highest BCUT2D eigenvalue weighted by Crippen LogP contribution is 2.22. The first kappa shape index (κ1) is 14.5. The fourth-order valence-electron chi connectivity index (χ4n) is 1.51. The number of rotatable bonds is 6. The van der Waals surface area contributed by atoms with Crippen molar-refractivity contribution in [1.82, 2.24) is 4.90 Å². The number of carboxylic acid groups (broad SMARTS) is 1. The number of aliphatic carboxylic acids is 1. The van der Waals surface area contributed by atoms with E-state index in [0.717, 1.165) is 16.6 Å². The van der Waals surface area contributed by atoms with E-state index in [9.17, 15) is 4.79 Å². The van der Waals surface area contributed by atoms with Gasteiger partial charge >= 0.3 is 5.97 Å². The van der Waals surface area contributed by atoms with Crippen molar-refractivity contribution in [3.63, 3.8) is 0 Å². The minimum absolute atomic E-state index is 0.152. The van der Waals surface area contributed by atoms with Gasteiger partial charge in [0.25, 0.3) is 0 Å². The van der Waals surface area contributed by atoms with Gasteiger partial charge in [0, 0.05) is 22.6 Å². The van der Waals surface area contributed by atoms with Gasteiger partial charge < -0.3 is 5.11 Å². The summed E-state index contributed by atoms with van der Waals surface area (Å²) < 4.78 is 0.978. The van der Waals surface area contributed by atoms with Gasteiger partial charge in [-0.2, -0.15) is 0 Å². The molecule has 1 aromatic rings. The van der Waals surface area contributed by atoms with Gasteiger partial charge in [-0.15, -0.1) is 0 Å². The minimum atomic E-state index is -0.774. The lowest BCUT2D eigenvalue weighted by Crippen LogP contribution is -2.25. The van der Waals surface area contributed by atoms with Crippen LogP contribution < -0.4 is 0 Å². The molecule has 0 amide bonds. The van der Waals surface area contributed by atoms with Gasteiger partial charge in [0.2, 0.25) is 0 Å². The first-order valence-electron chi connectivity index (χ1n) is 5.41. The van der Waals surface area contributed by atoms with Crippen molar-refractivity contribution in [1.29, 1.82) is 0 Å². The third kappa shape index (κ3) is 5.06. The van der Waals surface area contributed by atoms with Crippen molar-refractivity contribution < 1.29 is 9.90 Å². The molecule has 0 spiro atoms. The lowest BCUT2D eigenvalue weighted by Gasteiger charge is -2.20. The molecule has 0 fully saturated rings. The highest BCUT2D eigenvalue weighted by atomic mass is 79.9. The van der Waals surface area contributed by atoms with Gasteiger partial charge in [0.15, 0.2) is 0 Å². The molecule has 0 aliphatic heterocycles. The molecular weight excluding hydrogens is 305 g/mol. The molecule has 0 saturated carbocycles. The van der Waals surface area contributed by atoms with Crippen LogP contribution in [-0.4, -0.2) is 29.1 Å². The Labute approximate surface area is 115 Å². The van der Waals surface area contributed by atoms with Crippen LogP contribution in [0.2, 0.25) is 5.02 Å². The largest absolute Gasteiger partial charge is 0.481 e. The maximum absolute atomic E-state index is 10.5. The number of nitrogens with zero attached hydrogens (tertiary/aromatic N) is 1. The molecular formula is C12H15BrClNO2. The molecule has 5 heteroatoms. The van der Waals surface area contributed by atoms with Crippen LogP contribution in [-0.2, 0) is 11.3 Å². The fraction of sp³-hybridized carbons (Fsp3) is 0.417. The summed E-state index contributed by atoms with van der Waals surface area (Å²) in [6, 6.07) is 5.69. The smallest absolute Gasteiger partial charge is 0.304 e. The standard InChI is InChI=1S/C12H15BrClNO2/c1-2-15(6-5-12(16)17)8-9-7-10(13)3-4-11(9)14/h3-4,7H,2,5-6,8H2,1H3,(H,16,17). The van der Waals surface area contributed by atoms with Gasteiger partial charge in [0.1, 0.15) is 0 Å². The van der Waals surface area contributed by atoms with E-state index in [1.54, 1.807) is 0 Å². The van der Waals surface area contributed by atoms with Gasteiger partial charge in [-0.1, -0.05) is 34.5 Å². The SMILES string of the molecule is CCN(CCC(=O)O)Cc1cc(Br)ccc1Cl. The van der Waals surface area contributed by atoms with Crippen molar-refractivity contribution in [2.75, 3.05) is 13.1 Å². The molecule has 0 unspecified atom stereocenters. The number of carboxylic acids is 1. The Morgan fingerprint density at radius 3 is 2.82 bits per heavy atom. The Balaban J connectivity index is 2.66. The van der Waals surface area contributed by atoms with E-state index in [1.165, 1.54) is 0 Å². The van der Waals surface area contributed by atoms with Crippen molar-refractivity contribution in [3.05, 3.63) is 33.3 Å². The molecule has 0 atom stereocenters. The monoisotopic (exact) mass is 319 g/mol. The zero-order chi connectivity index (χ0) is 12.8. The van der Waals surface area contributed by atoms with Crippen molar-refractivity contribution in [2.45, 2.75) is 19.9 Å². The van der Waals surface area contributed by atoms with E-state index < -0.39 is 5.97 Å². The third-order valence-corrected chi connectivity index (χ3v) is 3.35. The van der Waals surface area contributed by atoms with Crippen LogP contribution in [0.3, 0.4) is 0 Å². The lowest BCUT2D eigenvalue weighted by atomic mass is 10.2. The molecule has 17 heavy (non-hydrogen) atoms. The predicted molar refractivity (Wildman–Crippen MR) is 72.4 cm³/mol. The number of hydrogen-bond acceptors (Lipinski definition) is 2. The van der Waals surface area contributed by atoms with Gasteiger partial charge in [-0.05, 0) is 30.3 Å². The van der Waals surface area contributed by atoms with Crippen LogP contribution in [0.4, 0.5) is 0 Å². The van der Waals surface area contributed by atoms with Gasteiger partial charge in [0.05, 0.1) is 6.42 Å². The summed E-state index contributed by atoms with van der Waals surface area (Å²) in [6.07, 6.45) is 0.152. The first-order chi connectivity index (χ1) is 8.02. The van der Waals surface area contributed by atoms with E-state index >= 15 is 0 Å². The molecule has 0 saturated heterocycles. The summed E-state index contributed by atoms with van der Waals surface area (Å²) in [7, 11) is 0. The Bertz CT molecular complexity index is 398. The number of benzene rings is 1. The van der Waals surface area contributed by atoms with E-state index in [2.05, 4.69) is 20.8 Å². The maximum atomic E-state index is 10.5. The van der Waals surface area contributed by atoms with E-state index in [0.29, 0.717) is 18.1 Å². The highest BCUT2D eigenvalue weighted by molar-refractivity contribution is 9.10. The lowest BCUT2D eigenvalue weighted by molar-refractivity contribution is -0.137. The molecule has 3 nitrogen and oxygen atoms in total. The van der Waals surface area contributed by atoms with Crippen LogP contribution in [0.25, 0.3) is 0 Å². The van der Waals surface area contributed by atoms with Crippen molar-refractivity contribution in [3.8, 4) is 0 Å². The summed E-state index contributed by atoms with van der Waals surface area (Å²) in [5, 5.41) is 9.37. The Morgan fingerprint density at radius 1 is 1.53 bits per heavy atom. The van der Waals surface area contributed by atoms with E-state index in [1.807, 2.05) is 25.1 Å². The summed E-state index contributed by atoms with van der Waals surface area (Å²) in [5.74, 6) is -0.774. The fourth-order valence-corrected chi connectivity index (χ4v) is 2.09. The molecule has 0 aliphatic carbocycles. The molecule has 1 rings (SSSR count). The zero-order valence-corrected chi connectivity index (χ0v) is 12.0. The van der Waals surface area contributed by atoms with Crippen LogP contribution in [0, 0.1) is 0 Å². The van der Waals surface area contributed by atoms with Gasteiger partial charge in [-0.3, -0.25) is 9.69 Å². The molecule has 1 N–H and O–H groups in total. The zero-order valence-electron chi connectivity index (χ0n) is 9.62. The van der Waals surface area contributed by atoms with Crippen LogP contribution in [0.1, 0.15) is 18.9 Å². The number of halogens is 2. The van der Waals surface area contributed by atoms with Gasteiger partial charge in [-0.25, -0.2) is 0 Å². The molecule has 0 aliphatic rings. The van der Waals surface area contributed by atoms with Crippen LogP contribution in [0.5, 0.6) is 0 Å². The minimum Gasteiger partial charge on any atom is -0.481 e. The third-order valence-electron chi connectivity index (χ3n) is 2.49. The molecule has 94 valence electrons. The summed E-state index contributed by atoms with van der Waals surface area (Å²) in [4.78, 5) is 12.6. The van der Waals surface area contributed by atoms with E-state index in [4.69, 9.17) is 16.7 Å². The highest BCUT2D eigenvalue weighted by Gasteiger charge is 2.09. The molecule has 0 heterocycles. The predicted octanol–water partition coefficient (Wildman–Crippen LogP) is 3.40. The van der Waals surface area contributed by atoms with Crippen LogP contribution in [0.15, 0.2) is 22.7 Å². The molecule has 0 radical (unpaired) electrons. The van der Waals surface area contributed by atoms with Crippen molar-refractivity contribution >= 4 is 33.5 Å². The maximum Gasteiger partial charge on any atom is 0.304 e. The Morgan fingerprint density at radius 2 is 2.24 bits per heavy atom. The molecule has 0 bridgehead atoms. The van der Waals surface area contributed by atoms with Crippen LogP contribution >= 0.6 is 27.5 Å². The second-order valence-electron chi connectivity index (χ2n) is 3.75. The van der Waals surface area contributed by atoms with Crippen molar-refractivity contribution in [2.24, 2.45) is 0 Å². The number of carbonyl (C=O) groups is 1. The Kier molecular flexibility index (Phi) is 5.95. The first-order valence-corrected chi connectivity index (χ1v) is 6.58. The van der Waals surface area contributed by atoms with E-state index in [-0.39, 0.29) is 6.42 Å². The average Bonchev–Trinajstić information content (AvgIpc) is 2.28. The quantitative estimate of drug-likeness (QED) is 0.873. The Hall–Kier alpha value is -0.580. The molecule has 0 aromatic heterocycles. The average molecular weight is 321 g/mol. The second-order valence-corrected chi connectivity index (χ2v) is 5.07. The summed E-state index contributed by atoms with van der Waals surface area (Å²) >= 11 is 9.50. The topological polar surface area (TPSA) is 40.5 Å². The summed E-state index contributed by atoms with van der Waals surface area (Å²) in [5.41, 5.74) is 1.01.